The Kier molecular flexibility index (Phi) is 6.56. The third kappa shape index (κ3) is 3.91. The minimum atomic E-state index is 0.290. The topological polar surface area (TPSA) is 78.3 Å². The van der Waals surface area contributed by atoms with E-state index in [0.717, 1.165) is 19.4 Å². The quantitative estimate of drug-likeness (QED) is 0.565. The average molecular weight is 439 g/mol. The van der Waals surface area contributed by atoms with E-state index in [-0.39, 0.29) is 0 Å². The van der Waals surface area contributed by atoms with Gasteiger partial charge in [-0.05, 0) is 38.3 Å². The average Bonchev–Trinajstić information content (AvgIpc) is 2.98. The largest absolute Gasteiger partial charge is 0.192 e. The van der Waals surface area contributed by atoms with E-state index in [2.05, 4.69) is 61.1 Å². The molecule has 2 rings (SSSR count). The van der Waals surface area contributed by atoms with Crippen molar-refractivity contribution in [1.29, 1.82) is 10.5 Å². The van der Waals surface area contributed by atoms with Gasteiger partial charge in [0, 0.05) is 0 Å². The Labute approximate surface area is 152 Å². The highest BCUT2D eigenvalue weighted by molar-refractivity contribution is 9.11. The molecule has 1 heterocycles. The van der Waals surface area contributed by atoms with Crippen LogP contribution in [0.1, 0.15) is 56.6 Å². The fraction of sp³-hybridized carbons (Fsp3) is 0.500. The molecule has 120 valence electrons. The first-order valence-electron chi connectivity index (χ1n) is 7.70. The molecule has 2 aromatic rings. The number of rotatable bonds is 7. The molecule has 0 bridgehead atoms. The summed E-state index contributed by atoms with van der Waals surface area (Å²) in [5.41, 5.74) is 1.80. The fourth-order valence-electron chi connectivity index (χ4n) is 2.44. The second kappa shape index (κ2) is 8.42. The molecule has 0 unspecified atom stereocenters. The van der Waals surface area contributed by atoms with Crippen molar-refractivity contribution < 1.29 is 0 Å². The van der Waals surface area contributed by atoms with Gasteiger partial charge in [0.05, 0.1) is 26.6 Å². The highest BCUT2D eigenvalue weighted by Gasteiger charge is 2.20. The molecular formula is C16H17Br2N5. The maximum absolute atomic E-state index is 9.26. The minimum absolute atomic E-state index is 0.290. The normalized spacial score (nSPS) is 10.7. The summed E-state index contributed by atoms with van der Waals surface area (Å²) < 4.78 is 1.06. The Morgan fingerprint density at radius 2 is 1.35 bits per heavy atom. The van der Waals surface area contributed by atoms with Gasteiger partial charge in [-0.1, -0.05) is 39.0 Å². The van der Waals surface area contributed by atoms with Gasteiger partial charge >= 0.3 is 0 Å². The summed E-state index contributed by atoms with van der Waals surface area (Å²) in [5, 5.41) is 27.4. The van der Waals surface area contributed by atoms with Gasteiger partial charge in [-0.15, -0.1) is 0 Å². The third-order valence-corrected chi connectivity index (χ3v) is 5.24. The van der Waals surface area contributed by atoms with Crippen molar-refractivity contribution in [3.63, 3.8) is 0 Å². The number of aryl methyl sites for hydroxylation is 1. The highest BCUT2D eigenvalue weighted by atomic mass is 79.9. The van der Waals surface area contributed by atoms with Gasteiger partial charge in [0.2, 0.25) is 0 Å². The maximum atomic E-state index is 9.26. The monoisotopic (exact) mass is 437 g/mol. The predicted octanol–water partition coefficient (Wildman–Crippen LogP) is 5.06. The maximum Gasteiger partial charge on any atom is 0.130 e. The summed E-state index contributed by atoms with van der Waals surface area (Å²) in [5.74, 6) is 0. The van der Waals surface area contributed by atoms with Crippen LogP contribution in [0, 0.1) is 22.7 Å². The second-order valence-electron chi connectivity index (χ2n) is 5.36. The van der Waals surface area contributed by atoms with Crippen molar-refractivity contribution in [2.75, 3.05) is 0 Å². The first-order chi connectivity index (χ1) is 11.1. The summed E-state index contributed by atoms with van der Waals surface area (Å²) in [6.07, 6.45) is 7.23. The lowest BCUT2D eigenvalue weighted by Gasteiger charge is -2.01. The third-order valence-electron chi connectivity index (χ3n) is 3.70. The number of unbranched alkanes of at least 4 members (excludes halogenated alkanes) is 5. The number of aromatic nitrogens is 3. The van der Waals surface area contributed by atoms with Gasteiger partial charge < -0.3 is 0 Å². The number of hydrogen-bond acceptors (Lipinski definition) is 4. The fourth-order valence-corrected chi connectivity index (χ4v) is 3.55. The Bertz CT molecular complexity index is 726. The van der Waals surface area contributed by atoms with Crippen molar-refractivity contribution in [2.24, 2.45) is 0 Å². The first-order valence-corrected chi connectivity index (χ1v) is 9.28. The van der Waals surface area contributed by atoms with Gasteiger partial charge in [-0.3, -0.25) is 0 Å². The number of hydrogen-bond donors (Lipinski definition) is 0. The smallest absolute Gasteiger partial charge is 0.130 e. The molecule has 0 saturated heterocycles. The lowest BCUT2D eigenvalue weighted by molar-refractivity contribution is 0.488. The van der Waals surface area contributed by atoms with E-state index in [0.29, 0.717) is 31.1 Å². The first kappa shape index (κ1) is 17.9. The number of fused-ring (bicyclic) bond motifs is 1. The van der Waals surface area contributed by atoms with E-state index < -0.39 is 0 Å². The van der Waals surface area contributed by atoms with E-state index in [4.69, 9.17) is 0 Å². The summed E-state index contributed by atoms with van der Waals surface area (Å²) in [6.45, 7) is 2.95. The van der Waals surface area contributed by atoms with Crippen LogP contribution in [0.5, 0.6) is 0 Å². The van der Waals surface area contributed by atoms with E-state index in [1.165, 1.54) is 25.7 Å². The molecule has 1 aromatic heterocycles. The molecule has 0 N–H and O–H groups in total. The van der Waals surface area contributed by atoms with Crippen LogP contribution >= 0.6 is 31.9 Å². The zero-order valence-electron chi connectivity index (χ0n) is 12.9. The van der Waals surface area contributed by atoms with Crippen LogP contribution in [0.25, 0.3) is 11.0 Å². The number of nitriles is 2. The van der Waals surface area contributed by atoms with Crippen LogP contribution in [0.2, 0.25) is 0 Å². The summed E-state index contributed by atoms with van der Waals surface area (Å²) in [4.78, 5) is 1.66. The summed E-state index contributed by atoms with van der Waals surface area (Å²) >= 11 is 6.76. The summed E-state index contributed by atoms with van der Waals surface area (Å²) in [7, 11) is 0. The van der Waals surface area contributed by atoms with Crippen LogP contribution < -0.4 is 0 Å². The molecule has 0 spiro atoms. The van der Waals surface area contributed by atoms with Crippen molar-refractivity contribution in [2.45, 2.75) is 52.0 Å². The molecule has 7 heteroatoms. The molecule has 0 fully saturated rings. The molecule has 23 heavy (non-hydrogen) atoms. The molecule has 0 aliphatic carbocycles. The van der Waals surface area contributed by atoms with E-state index in [9.17, 15) is 10.5 Å². The molecule has 5 nitrogen and oxygen atoms in total. The highest BCUT2D eigenvalue weighted by Crippen LogP contribution is 2.35. The molecule has 0 amide bonds. The van der Waals surface area contributed by atoms with Crippen molar-refractivity contribution in [1.82, 2.24) is 15.0 Å². The summed E-state index contributed by atoms with van der Waals surface area (Å²) in [6, 6.07) is 4.10. The van der Waals surface area contributed by atoms with Crippen LogP contribution in [-0.2, 0) is 6.54 Å². The van der Waals surface area contributed by atoms with E-state index in [1.807, 2.05) is 0 Å². The molecule has 0 radical (unpaired) electrons. The number of nitrogens with zero attached hydrogens (tertiary/aromatic N) is 5. The SMILES string of the molecule is CCCCCCCCn1nc2c(Br)c(C#N)c(C#N)c(Br)c2n1. The van der Waals surface area contributed by atoms with Crippen LogP contribution in [0.4, 0.5) is 0 Å². The van der Waals surface area contributed by atoms with Crippen LogP contribution in [0.15, 0.2) is 8.95 Å². The molecule has 1 aromatic carbocycles. The zero-order valence-corrected chi connectivity index (χ0v) is 16.1. The van der Waals surface area contributed by atoms with Gasteiger partial charge in [0.15, 0.2) is 0 Å². The van der Waals surface area contributed by atoms with Crippen molar-refractivity contribution >= 4 is 42.9 Å². The van der Waals surface area contributed by atoms with Gasteiger partial charge in [0.1, 0.15) is 23.2 Å². The minimum Gasteiger partial charge on any atom is -0.192 e. The Hall–Kier alpha value is -1.44. The zero-order chi connectivity index (χ0) is 16.8. The van der Waals surface area contributed by atoms with E-state index in [1.54, 1.807) is 4.80 Å². The van der Waals surface area contributed by atoms with Crippen LogP contribution in [-0.4, -0.2) is 15.0 Å². The Morgan fingerprint density at radius 3 is 1.83 bits per heavy atom. The van der Waals surface area contributed by atoms with Gasteiger partial charge in [0.25, 0.3) is 0 Å². The lowest BCUT2D eigenvalue weighted by atomic mass is 10.1. The molecule has 0 aliphatic heterocycles. The Morgan fingerprint density at radius 1 is 0.870 bits per heavy atom. The van der Waals surface area contributed by atoms with Gasteiger partial charge in [-0.25, -0.2) is 0 Å². The number of halogens is 2. The second-order valence-corrected chi connectivity index (χ2v) is 6.95. The molecule has 0 saturated carbocycles. The predicted molar refractivity (Wildman–Crippen MR) is 95.7 cm³/mol. The standard InChI is InChI=1S/C16H17Br2N5/c1-2-3-4-5-6-7-8-23-21-15-13(17)11(9-19)12(10-20)14(18)16(15)22-23/h2-8H2,1H3. The molecule has 0 atom stereocenters. The lowest BCUT2D eigenvalue weighted by Crippen LogP contribution is -2.02. The van der Waals surface area contributed by atoms with Crippen molar-refractivity contribution in [3.8, 4) is 12.1 Å². The van der Waals surface area contributed by atoms with Crippen LogP contribution in [0.3, 0.4) is 0 Å². The molecular weight excluding hydrogens is 422 g/mol. The number of benzene rings is 1. The Balaban J connectivity index is 2.19. The van der Waals surface area contributed by atoms with Gasteiger partial charge in [-0.2, -0.15) is 25.5 Å². The molecule has 0 aliphatic rings. The van der Waals surface area contributed by atoms with Crippen molar-refractivity contribution in [3.05, 3.63) is 20.1 Å². The van der Waals surface area contributed by atoms with E-state index >= 15 is 0 Å².